The molecule has 2 atom stereocenters. The monoisotopic (exact) mass is 174 g/mol. The number of hydrogen-bond acceptors (Lipinski definition) is 3. The fourth-order valence-electron chi connectivity index (χ4n) is 1.34. The Morgan fingerprint density at radius 1 is 1.50 bits per heavy atom. The molecule has 2 N–H and O–H groups in total. The Balaban J connectivity index is 3.87. The number of likely N-dealkylation sites (N-methyl/N-ethyl adjacent to an activating group) is 1. The third kappa shape index (κ3) is 3.52. The van der Waals surface area contributed by atoms with Crippen LogP contribution in [-0.4, -0.2) is 44.3 Å². The lowest BCUT2D eigenvalue weighted by atomic mass is 10.1. The molecule has 74 valence electrons. The molecular weight excluding hydrogens is 152 g/mol. The van der Waals surface area contributed by atoms with Crippen molar-refractivity contribution in [3.63, 3.8) is 0 Å². The molecule has 0 aromatic heterocycles. The Morgan fingerprint density at radius 3 is 2.42 bits per heavy atom. The summed E-state index contributed by atoms with van der Waals surface area (Å²) < 4.78 is 5.08. The van der Waals surface area contributed by atoms with Crippen LogP contribution < -0.4 is 5.73 Å². The number of nitrogens with zero attached hydrogens (tertiary/aromatic N) is 1. The van der Waals surface area contributed by atoms with Gasteiger partial charge in [0.25, 0.3) is 0 Å². The molecule has 2 unspecified atom stereocenters. The number of methoxy groups -OCH3 is 1. The predicted molar refractivity (Wildman–Crippen MR) is 52.2 cm³/mol. The third-order valence-corrected chi connectivity index (χ3v) is 2.42. The number of rotatable bonds is 6. The average molecular weight is 174 g/mol. The van der Waals surface area contributed by atoms with Gasteiger partial charge in [-0.2, -0.15) is 0 Å². The molecule has 0 spiro atoms. The van der Waals surface area contributed by atoms with Crippen LogP contribution in [0.25, 0.3) is 0 Å². The molecule has 3 nitrogen and oxygen atoms in total. The van der Waals surface area contributed by atoms with Gasteiger partial charge in [0.1, 0.15) is 0 Å². The van der Waals surface area contributed by atoms with Gasteiger partial charge in [-0.3, -0.25) is 4.90 Å². The van der Waals surface area contributed by atoms with Gasteiger partial charge >= 0.3 is 0 Å². The Kier molecular flexibility index (Phi) is 6.34. The first-order valence-electron chi connectivity index (χ1n) is 4.58. The molecule has 0 rings (SSSR count). The second-order valence-electron chi connectivity index (χ2n) is 3.27. The maximum Gasteiger partial charge on any atom is 0.0615 e. The van der Waals surface area contributed by atoms with E-state index >= 15 is 0 Å². The van der Waals surface area contributed by atoms with Gasteiger partial charge in [0.15, 0.2) is 0 Å². The van der Waals surface area contributed by atoms with E-state index in [4.69, 9.17) is 10.5 Å². The van der Waals surface area contributed by atoms with E-state index in [2.05, 4.69) is 25.8 Å². The molecular formula is C9H22N2O. The van der Waals surface area contributed by atoms with Crippen LogP contribution in [0.15, 0.2) is 0 Å². The SMILES string of the molecule is CCC(CN)N(C)C(C)COC. The second kappa shape index (κ2) is 6.40. The summed E-state index contributed by atoms with van der Waals surface area (Å²) in [7, 11) is 3.83. The zero-order valence-electron chi connectivity index (χ0n) is 8.71. The van der Waals surface area contributed by atoms with Crippen molar-refractivity contribution in [1.29, 1.82) is 0 Å². The van der Waals surface area contributed by atoms with Gasteiger partial charge in [-0.25, -0.2) is 0 Å². The average Bonchev–Trinajstić information content (AvgIpc) is 2.07. The van der Waals surface area contributed by atoms with E-state index in [1.807, 2.05) is 0 Å². The Hall–Kier alpha value is -0.120. The summed E-state index contributed by atoms with van der Waals surface area (Å²) in [4.78, 5) is 2.28. The Bertz CT molecular complexity index is 105. The minimum atomic E-state index is 0.448. The molecule has 0 heterocycles. The van der Waals surface area contributed by atoms with E-state index in [1.165, 1.54) is 0 Å². The number of ether oxygens (including phenoxy) is 1. The van der Waals surface area contributed by atoms with Crippen molar-refractivity contribution in [2.24, 2.45) is 5.73 Å². The van der Waals surface area contributed by atoms with E-state index < -0.39 is 0 Å². The van der Waals surface area contributed by atoms with Crippen molar-refractivity contribution >= 4 is 0 Å². The Labute approximate surface area is 75.9 Å². The minimum Gasteiger partial charge on any atom is -0.383 e. The van der Waals surface area contributed by atoms with Gasteiger partial charge < -0.3 is 10.5 Å². The maximum atomic E-state index is 5.64. The van der Waals surface area contributed by atoms with E-state index in [9.17, 15) is 0 Å². The lowest BCUT2D eigenvalue weighted by Crippen LogP contribution is -2.44. The molecule has 0 saturated carbocycles. The normalized spacial score (nSPS) is 16.5. The quantitative estimate of drug-likeness (QED) is 0.644. The van der Waals surface area contributed by atoms with E-state index in [0.29, 0.717) is 12.1 Å². The van der Waals surface area contributed by atoms with Crippen molar-refractivity contribution in [2.45, 2.75) is 32.4 Å². The molecule has 0 aliphatic carbocycles. The second-order valence-corrected chi connectivity index (χ2v) is 3.27. The van der Waals surface area contributed by atoms with Gasteiger partial charge in [0.2, 0.25) is 0 Å². The lowest BCUT2D eigenvalue weighted by Gasteiger charge is -2.31. The predicted octanol–water partition coefficient (Wildman–Crippen LogP) is 0.690. The largest absolute Gasteiger partial charge is 0.383 e. The molecule has 0 fully saturated rings. The van der Waals surface area contributed by atoms with Crippen molar-refractivity contribution < 1.29 is 4.74 Å². The summed E-state index contributed by atoms with van der Waals surface area (Å²) in [6.45, 7) is 5.81. The van der Waals surface area contributed by atoms with Gasteiger partial charge in [0.05, 0.1) is 6.61 Å². The van der Waals surface area contributed by atoms with Crippen molar-refractivity contribution in [1.82, 2.24) is 4.90 Å². The highest BCUT2D eigenvalue weighted by Crippen LogP contribution is 2.05. The van der Waals surface area contributed by atoms with Crippen LogP contribution in [0.5, 0.6) is 0 Å². The van der Waals surface area contributed by atoms with Gasteiger partial charge in [-0.15, -0.1) is 0 Å². The van der Waals surface area contributed by atoms with Crippen molar-refractivity contribution in [2.75, 3.05) is 27.3 Å². The van der Waals surface area contributed by atoms with Gasteiger partial charge in [-0.05, 0) is 20.4 Å². The summed E-state index contributed by atoms with van der Waals surface area (Å²) in [6, 6.07) is 0.929. The number of hydrogen-bond donors (Lipinski definition) is 1. The summed E-state index contributed by atoms with van der Waals surface area (Å²) in [5.74, 6) is 0. The Morgan fingerprint density at radius 2 is 2.08 bits per heavy atom. The summed E-state index contributed by atoms with van der Waals surface area (Å²) in [5.41, 5.74) is 5.64. The van der Waals surface area contributed by atoms with Crippen LogP contribution in [-0.2, 0) is 4.74 Å². The van der Waals surface area contributed by atoms with Crippen molar-refractivity contribution in [3.8, 4) is 0 Å². The van der Waals surface area contributed by atoms with E-state index in [0.717, 1.165) is 19.6 Å². The summed E-state index contributed by atoms with van der Waals surface area (Å²) in [6.07, 6.45) is 1.10. The van der Waals surface area contributed by atoms with Crippen LogP contribution in [0.2, 0.25) is 0 Å². The van der Waals surface area contributed by atoms with Crippen molar-refractivity contribution in [3.05, 3.63) is 0 Å². The van der Waals surface area contributed by atoms with Crippen LogP contribution in [0.1, 0.15) is 20.3 Å². The van der Waals surface area contributed by atoms with Crippen LogP contribution in [0, 0.1) is 0 Å². The molecule has 0 radical (unpaired) electrons. The molecule has 3 heteroatoms. The van der Waals surface area contributed by atoms with E-state index in [1.54, 1.807) is 7.11 Å². The minimum absolute atomic E-state index is 0.448. The number of nitrogens with two attached hydrogens (primary N) is 1. The molecule has 0 aliphatic rings. The molecule has 12 heavy (non-hydrogen) atoms. The standard InChI is InChI=1S/C9H22N2O/c1-5-9(6-10)11(3)8(2)7-12-4/h8-9H,5-7,10H2,1-4H3. The smallest absolute Gasteiger partial charge is 0.0615 e. The fourth-order valence-corrected chi connectivity index (χ4v) is 1.34. The molecule has 0 aromatic rings. The highest BCUT2D eigenvalue weighted by Gasteiger charge is 2.16. The highest BCUT2D eigenvalue weighted by atomic mass is 16.5. The zero-order chi connectivity index (χ0) is 9.56. The first-order valence-corrected chi connectivity index (χ1v) is 4.58. The lowest BCUT2D eigenvalue weighted by molar-refractivity contribution is 0.0899. The maximum absolute atomic E-state index is 5.64. The summed E-state index contributed by atoms with van der Waals surface area (Å²) >= 11 is 0. The first-order chi connectivity index (χ1) is 5.67. The molecule has 0 amide bonds. The van der Waals surface area contributed by atoms with Gasteiger partial charge in [0, 0.05) is 25.7 Å². The van der Waals surface area contributed by atoms with Crippen LogP contribution in [0.4, 0.5) is 0 Å². The molecule has 0 bridgehead atoms. The fraction of sp³-hybridized carbons (Fsp3) is 1.00. The topological polar surface area (TPSA) is 38.5 Å². The molecule has 0 aliphatic heterocycles. The first kappa shape index (κ1) is 11.9. The molecule has 0 saturated heterocycles. The van der Waals surface area contributed by atoms with E-state index in [-0.39, 0.29) is 0 Å². The zero-order valence-corrected chi connectivity index (χ0v) is 8.71. The van der Waals surface area contributed by atoms with Gasteiger partial charge in [-0.1, -0.05) is 6.92 Å². The highest BCUT2D eigenvalue weighted by molar-refractivity contribution is 4.72. The van der Waals surface area contributed by atoms with Crippen LogP contribution >= 0.6 is 0 Å². The summed E-state index contributed by atoms with van der Waals surface area (Å²) in [5, 5.41) is 0. The third-order valence-electron chi connectivity index (χ3n) is 2.42. The van der Waals surface area contributed by atoms with Crippen LogP contribution in [0.3, 0.4) is 0 Å². The molecule has 0 aromatic carbocycles.